The van der Waals surface area contributed by atoms with Gasteiger partial charge in [0.2, 0.25) is 9.84 Å². The Kier molecular flexibility index (Phi) is 3.49. The number of anilines is 1. The Labute approximate surface area is 159 Å². The van der Waals surface area contributed by atoms with Gasteiger partial charge in [0, 0.05) is 42.3 Å². The topological polar surface area (TPSA) is 77.1 Å². The van der Waals surface area contributed by atoms with E-state index in [1.54, 1.807) is 30.3 Å². The fraction of sp³-hybridized carbons (Fsp3) is 0.333. The minimum absolute atomic E-state index is 0.277. The number of sulfone groups is 1. The summed E-state index contributed by atoms with van der Waals surface area (Å²) in [5, 5.41) is 4.76. The van der Waals surface area contributed by atoms with Gasteiger partial charge in [0.15, 0.2) is 0 Å². The lowest BCUT2D eigenvalue weighted by molar-refractivity contribution is 0.503. The molecule has 0 aliphatic carbocycles. The fourth-order valence-corrected chi connectivity index (χ4v) is 6.25. The van der Waals surface area contributed by atoms with E-state index in [1.165, 1.54) is 17.7 Å². The summed E-state index contributed by atoms with van der Waals surface area (Å²) in [4.78, 5) is 0.630. The molecule has 6 heteroatoms. The minimum atomic E-state index is -3.59. The number of fused-ring (bicyclic) bond motifs is 6. The van der Waals surface area contributed by atoms with Crippen LogP contribution < -0.4 is 11.1 Å². The van der Waals surface area contributed by atoms with Crippen molar-refractivity contribution in [3.63, 3.8) is 0 Å². The van der Waals surface area contributed by atoms with E-state index in [1.807, 2.05) is 13.0 Å². The highest BCUT2D eigenvalue weighted by Gasteiger charge is 2.36. The summed E-state index contributed by atoms with van der Waals surface area (Å²) in [6, 6.07) is 11.0. The SMILES string of the molecule is Cc1cc(S(=O)(=O)c2ccc(N)cc2)cc2c3c(n(C)c12)CC1CCC3N1. The number of nitrogens with one attached hydrogen (secondary N) is 1. The zero-order valence-electron chi connectivity index (χ0n) is 15.5. The molecule has 2 bridgehead atoms. The second-order valence-electron chi connectivity index (χ2n) is 7.83. The van der Waals surface area contributed by atoms with E-state index in [0.29, 0.717) is 22.7 Å². The lowest BCUT2D eigenvalue weighted by Crippen LogP contribution is -2.32. The summed E-state index contributed by atoms with van der Waals surface area (Å²) in [7, 11) is -1.48. The van der Waals surface area contributed by atoms with Gasteiger partial charge in [-0.1, -0.05) is 0 Å². The van der Waals surface area contributed by atoms with Crippen molar-refractivity contribution in [3.05, 3.63) is 53.2 Å². The predicted octanol–water partition coefficient (Wildman–Crippen LogP) is 3.25. The molecule has 5 rings (SSSR count). The first-order chi connectivity index (χ1) is 12.9. The molecule has 5 nitrogen and oxygen atoms in total. The first-order valence-corrected chi connectivity index (χ1v) is 10.8. The first-order valence-electron chi connectivity index (χ1n) is 9.35. The van der Waals surface area contributed by atoms with E-state index in [4.69, 9.17) is 5.73 Å². The molecule has 2 aromatic carbocycles. The smallest absolute Gasteiger partial charge is 0.206 e. The van der Waals surface area contributed by atoms with Crippen LogP contribution in [0.5, 0.6) is 0 Å². The van der Waals surface area contributed by atoms with Crippen LogP contribution in [-0.2, 0) is 23.3 Å². The predicted molar refractivity (Wildman–Crippen MR) is 107 cm³/mol. The molecule has 0 saturated carbocycles. The standard InChI is InChI=1S/C21H23N3O2S/c1-12-9-16(27(25,26)15-6-3-13(22)4-7-15)11-17-20-18-8-5-14(23-18)10-19(20)24(2)21(12)17/h3-4,6-7,9,11,14,18,23H,5,8,10,22H2,1-2H3. The monoisotopic (exact) mass is 381 g/mol. The van der Waals surface area contributed by atoms with Crippen LogP contribution in [0.1, 0.15) is 35.7 Å². The number of benzene rings is 2. The molecule has 0 radical (unpaired) electrons. The number of nitrogen functional groups attached to an aromatic ring is 1. The first kappa shape index (κ1) is 16.8. The lowest BCUT2D eigenvalue weighted by atomic mass is 9.98. The number of rotatable bonds is 2. The van der Waals surface area contributed by atoms with Crippen LogP contribution >= 0.6 is 0 Å². The molecule has 1 fully saturated rings. The molecule has 27 heavy (non-hydrogen) atoms. The second-order valence-corrected chi connectivity index (χ2v) is 9.78. The summed E-state index contributed by atoms with van der Waals surface area (Å²) in [6.45, 7) is 2.00. The minimum Gasteiger partial charge on any atom is -0.399 e. The second kappa shape index (κ2) is 5.59. The van der Waals surface area contributed by atoms with E-state index in [2.05, 4.69) is 16.9 Å². The Bertz CT molecular complexity index is 1180. The zero-order valence-corrected chi connectivity index (χ0v) is 16.3. The van der Waals surface area contributed by atoms with Crippen LogP contribution in [0.4, 0.5) is 5.69 Å². The van der Waals surface area contributed by atoms with Gasteiger partial charge in [0.25, 0.3) is 0 Å². The van der Waals surface area contributed by atoms with Gasteiger partial charge in [-0.25, -0.2) is 8.42 Å². The normalized spacial score (nSPS) is 21.6. The van der Waals surface area contributed by atoms with Crippen molar-refractivity contribution in [2.24, 2.45) is 7.05 Å². The van der Waals surface area contributed by atoms with Crippen LogP contribution in [0.2, 0.25) is 0 Å². The molecule has 0 amide bonds. The number of nitrogens with two attached hydrogens (primary N) is 1. The van der Waals surface area contributed by atoms with Crippen molar-refractivity contribution in [1.29, 1.82) is 0 Å². The van der Waals surface area contributed by atoms with Gasteiger partial charge < -0.3 is 15.6 Å². The molecule has 0 spiro atoms. The molecule has 2 unspecified atom stereocenters. The van der Waals surface area contributed by atoms with Crippen molar-refractivity contribution in [3.8, 4) is 0 Å². The quantitative estimate of drug-likeness (QED) is 0.668. The number of aromatic nitrogens is 1. The molecule has 3 N–H and O–H groups in total. The molecular weight excluding hydrogens is 358 g/mol. The van der Waals surface area contributed by atoms with E-state index < -0.39 is 9.84 Å². The number of hydrogen-bond acceptors (Lipinski definition) is 4. The molecule has 1 aromatic heterocycles. The van der Waals surface area contributed by atoms with Gasteiger partial charge in [-0.15, -0.1) is 0 Å². The van der Waals surface area contributed by atoms with Gasteiger partial charge in [0.1, 0.15) is 0 Å². The maximum atomic E-state index is 13.2. The third kappa shape index (κ3) is 2.36. The Morgan fingerprint density at radius 3 is 2.59 bits per heavy atom. The fourth-order valence-electron chi connectivity index (χ4n) is 4.88. The van der Waals surface area contributed by atoms with Gasteiger partial charge >= 0.3 is 0 Å². The average molecular weight is 382 g/mol. The number of aryl methyl sites for hydroxylation is 2. The van der Waals surface area contributed by atoms with Gasteiger partial charge in [-0.2, -0.15) is 0 Å². The van der Waals surface area contributed by atoms with Crippen molar-refractivity contribution in [2.45, 2.75) is 48.1 Å². The number of hydrogen-bond donors (Lipinski definition) is 2. The van der Waals surface area contributed by atoms with Crippen LogP contribution in [0, 0.1) is 6.92 Å². The van der Waals surface area contributed by atoms with Crippen molar-refractivity contribution in [2.75, 3.05) is 5.73 Å². The van der Waals surface area contributed by atoms with Crippen LogP contribution in [0.15, 0.2) is 46.2 Å². The molecule has 140 valence electrons. The van der Waals surface area contributed by atoms with Gasteiger partial charge in [-0.05, 0) is 67.3 Å². The van der Waals surface area contributed by atoms with Crippen molar-refractivity contribution in [1.82, 2.24) is 9.88 Å². The summed E-state index contributed by atoms with van der Waals surface area (Å²) >= 11 is 0. The van der Waals surface area contributed by atoms with E-state index >= 15 is 0 Å². The lowest BCUT2D eigenvalue weighted by Gasteiger charge is -2.23. The molecule has 1 saturated heterocycles. The Morgan fingerprint density at radius 2 is 1.85 bits per heavy atom. The number of nitrogens with zero attached hydrogens (tertiary/aromatic N) is 1. The largest absolute Gasteiger partial charge is 0.399 e. The zero-order chi connectivity index (χ0) is 18.9. The molecule has 3 heterocycles. The molecule has 2 atom stereocenters. The van der Waals surface area contributed by atoms with Crippen LogP contribution in [0.25, 0.3) is 10.9 Å². The Hall–Kier alpha value is -2.31. The van der Waals surface area contributed by atoms with Crippen molar-refractivity contribution < 1.29 is 8.42 Å². The summed E-state index contributed by atoms with van der Waals surface area (Å²) in [5.74, 6) is 0. The summed E-state index contributed by atoms with van der Waals surface area (Å²) in [5.41, 5.74) is 11.0. The Balaban J connectivity index is 1.75. The highest BCUT2D eigenvalue weighted by molar-refractivity contribution is 7.91. The third-order valence-corrected chi connectivity index (χ3v) is 7.89. The van der Waals surface area contributed by atoms with Crippen LogP contribution in [0.3, 0.4) is 0 Å². The maximum Gasteiger partial charge on any atom is 0.206 e. The molecule has 3 aromatic rings. The van der Waals surface area contributed by atoms with E-state index in [0.717, 1.165) is 29.3 Å². The van der Waals surface area contributed by atoms with E-state index in [-0.39, 0.29) is 4.90 Å². The highest BCUT2D eigenvalue weighted by atomic mass is 32.2. The Morgan fingerprint density at radius 1 is 1.11 bits per heavy atom. The average Bonchev–Trinajstić information content (AvgIpc) is 3.15. The molecule has 2 aliphatic heterocycles. The van der Waals surface area contributed by atoms with Gasteiger partial charge in [-0.3, -0.25) is 0 Å². The van der Waals surface area contributed by atoms with E-state index in [9.17, 15) is 8.42 Å². The van der Waals surface area contributed by atoms with Crippen LogP contribution in [-0.4, -0.2) is 19.0 Å². The summed E-state index contributed by atoms with van der Waals surface area (Å²) < 4.78 is 28.7. The maximum absolute atomic E-state index is 13.2. The molecule has 2 aliphatic rings. The summed E-state index contributed by atoms with van der Waals surface area (Å²) in [6.07, 6.45) is 3.31. The highest BCUT2D eigenvalue weighted by Crippen LogP contribution is 2.43. The molecular formula is C21H23N3O2S. The van der Waals surface area contributed by atoms with Gasteiger partial charge in [0.05, 0.1) is 15.3 Å². The third-order valence-electron chi connectivity index (χ3n) is 6.14. The van der Waals surface area contributed by atoms with Crippen molar-refractivity contribution >= 4 is 26.4 Å².